The lowest BCUT2D eigenvalue weighted by atomic mass is 9.98. The predicted molar refractivity (Wildman–Crippen MR) is 159 cm³/mol. The standard InChI is InChI=1S/C28H38N4O6S2/c1-16(29)23(34)27(37)32(28(2,3)4)26(36)22-25(40-15-30-22)24(35)19(14-39-5)31-21(33)13-38-20-12-8-10-17-9-6-7-11-18(17)20/h6-12,16,19,22-23,25,30,34H,13-15,29H2,1-5H3,(H,31,33). The average molecular weight is 591 g/mol. The number of aliphatic hydroxyl groups excluding tert-OH is 1. The largest absolute Gasteiger partial charge is 0.483 e. The Hall–Kier alpha value is -2.64. The second-order valence-electron chi connectivity index (χ2n) is 10.6. The molecule has 2 aromatic carbocycles. The van der Waals surface area contributed by atoms with Crippen LogP contribution in [0, 0.1) is 0 Å². The van der Waals surface area contributed by atoms with Gasteiger partial charge in [0.1, 0.15) is 17.9 Å². The molecule has 0 spiro atoms. The summed E-state index contributed by atoms with van der Waals surface area (Å²) in [6, 6.07) is 10.5. The third-order valence-corrected chi connectivity index (χ3v) is 8.26. The monoisotopic (exact) mass is 590 g/mol. The first-order valence-electron chi connectivity index (χ1n) is 13.0. The van der Waals surface area contributed by atoms with Gasteiger partial charge in [-0.1, -0.05) is 36.4 Å². The topological polar surface area (TPSA) is 151 Å². The Morgan fingerprint density at radius 1 is 1.20 bits per heavy atom. The quantitative estimate of drug-likeness (QED) is 0.303. The predicted octanol–water partition coefficient (Wildman–Crippen LogP) is 1.53. The van der Waals surface area contributed by atoms with Crippen molar-refractivity contribution in [2.45, 2.75) is 62.7 Å². The zero-order valence-corrected chi connectivity index (χ0v) is 25.0. The Morgan fingerprint density at radius 3 is 2.52 bits per heavy atom. The fourth-order valence-corrected chi connectivity index (χ4v) is 6.19. The van der Waals surface area contributed by atoms with E-state index in [1.165, 1.54) is 30.4 Å². The number of imide groups is 1. The van der Waals surface area contributed by atoms with Crippen LogP contribution in [0.1, 0.15) is 27.7 Å². The number of amides is 3. The van der Waals surface area contributed by atoms with Crippen molar-refractivity contribution < 1.29 is 29.0 Å². The number of nitrogens with two attached hydrogens (primary N) is 1. The minimum absolute atomic E-state index is 0.286. The molecule has 12 heteroatoms. The zero-order valence-electron chi connectivity index (χ0n) is 23.4. The molecule has 1 heterocycles. The van der Waals surface area contributed by atoms with Crippen LogP contribution in [0.3, 0.4) is 0 Å². The van der Waals surface area contributed by atoms with Gasteiger partial charge in [0.05, 0.1) is 11.3 Å². The number of Topliss-reactive ketones (excluding diaryl/α,β-unsaturated/α-hetero) is 1. The maximum absolute atomic E-state index is 13.7. The van der Waals surface area contributed by atoms with Crippen molar-refractivity contribution in [1.82, 2.24) is 15.5 Å². The average Bonchev–Trinajstić information content (AvgIpc) is 3.40. The van der Waals surface area contributed by atoms with E-state index in [9.17, 15) is 24.3 Å². The Morgan fingerprint density at radius 2 is 1.88 bits per heavy atom. The van der Waals surface area contributed by atoms with Crippen molar-refractivity contribution in [2.75, 3.05) is 24.5 Å². The molecule has 0 bridgehead atoms. The SMILES string of the molecule is CSCC(NC(=O)COc1cccc2ccccc12)C(=O)C1SCNC1C(=O)N(C(=O)C(O)C(C)N)C(C)(C)C. The van der Waals surface area contributed by atoms with Crippen LogP contribution in [0.25, 0.3) is 10.8 Å². The lowest BCUT2D eigenvalue weighted by molar-refractivity contribution is -0.158. The summed E-state index contributed by atoms with van der Waals surface area (Å²) in [7, 11) is 0. The number of aliphatic hydroxyl groups is 1. The molecule has 0 saturated carbocycles. The number of hydrogen-bond acceptors (Lipinski definition) is 10. The van der Waals surface area contributed by atoms with E-state index in [4.69, 9.17) is 10.5 Å². The highest BCUT2D eigenvalue weighted by Gasteiger charge is 2.47. The van der Waals surface area contributed by atoms with Crippen molar-refractivity contribution in [1.29, 1.82) is 0 Å². The van der Waals surface area contributed by atoms with Crippen LogP contribution in [0.5, 0.6) is 5.75 Å². The van der Waals surface area contributed by atoms with Crippen LogP contribution in [0.15, 0.2) is 42.5 Å². The maximum Gasteiger partial charge on any atom is 0.260 e. The first kappa shape index (κ1) is 31.9. The van der Waals surface area contributed by atoms with Gasteiger partial charge in [0.25, 0.3) is 11.8 Å². The molecule has 1 aliphatic heterocycles. The molecule has 5 N–H and O–H groups in total. The number of benzene rings is 2. The number of ether oxygens (including phenoxy) is 1. The molecule has 1 aliphatic rings. The smallest absolute Gasteiger partial charge is 0.260 e. The first-order valence-corrected chi connectivity index (χ1v) is 15.4. The summed E-state index contributed by atoms with van der Waals surface area (Å²) in [5.41, 5.74) is 4.75. The molecule has 1 fully saturated rings. The van der Waals surface area contributed by atoms with Gasteiger partial charge in [-0.15, -0.1) is 11.8 Å². The minimum Gasteiger partial charge on any atom is -0.483 e. The third kappa shape index (κ3) is 7.55. The summed E-state index contributed by atoms with van der Waals surface area (Å²) in [6.45, 7) is 6.20. The highest BCUT2D eigenvalue weighted by molar-refractivity contribution is 8.01. The number of hydrogen-bond donors (Lipinski definition) is 4. The molecule has 0 aromatic heterocycles. The van der Waals surface area contributed by atoms with Crippen molar-refractivity contribution >= 4 is 57.8 Å². The van der Waals surface area contributed by atoms with Crippen molar-refractivity contribution in [3.63, 3.8) is 0 Å². The Kier molecular flexibility index (Phi) is 11.0. The van der Waals surface area contributed by atoms with Crippen LogP contribution < -0.4 is 21.1 Å². The number of thioether (sulfide) groups is 2. The molecular formula is C28H38N4O6S2. The van der Waals surface area contributed by atoms with Crippen molar-refractivity contribution in [3.05, 3.63) is 42.5 Å². The molecule has 3 amide bonds. The molecule has 40 heavy (non-hydrogen) atoms. The molecule has 10 nitrogen and oxygen atoms in total. The molecule has 5 atom stereocenters. The van der Waals surface area contributed by atoms with Crippen LogP contribution in [0.2, 0.25) is 0 Å². The number of carbonyl (C=O) groups excluding carboxylic acids is 4. The van der Waals surface area contributed by atoms with Gasteiger partial charge < -0.3 is 20.9 Å². The molecule has 0 aliphatic carbocycles. The molecule has 3 rings (SSSR count). The summed E-state index contributed by atoms with van der Waals surface area (Å²) in [6.07, 6.45) is 0.244. The highest BCUT2D eigenvalue weighted by atomic mass is 32.2. The van der Waals surface area contributed by atoms with E-state index in [2.05, 4.69) is 10.6 Å². The molecule has 5 unspecified atom stereocenters. The number of carbonyl (C=O) groups is 4. The summed E-state index contributed by atoms with van der Waals surface area (Å²) >= 11 is 2.62. The number of rotatable bonds is 11. The van der Waals surface area contributed by atoms with Crippen molar-refractivity contribution in [2.24, 2.45) is 5.73 Å². The number of nitrogens with one attached hydrogen (secondary N) is 2. The van der Waals surface area contributed by atoms with Gasteiger partial charge in [-0.3, -0.25) is 29.4 Å². The second-order valence-corrected chi connectivity index (χ2v) is 12.7. The summed E-state index contributed by atoms with van der Waals surface area (Å²) in [5, 5.41) is 17.1. The van der Waals surface area contributed by atoms with Gasteiger partial charge in [0, 0.05) is 28.6 Å². The van der Waals surface area contributed by atoms with E-state index in [-0.39, 0.29) is 12.4 Å². The van der Waals surface area contributed by atoms with E-state index < -0.39 is 52.7 Å². The Bertz CT molecular complexity index is 1230. The fraction of sp³-hybridized carbons (Fsp3) is 0.500. The Labute approximate surface area is 243 Å². The molecule has 2 aromatic rings. The number of nitrogens with zero attached hydrogens (tertiary/aromatic N) is 1. The highest BCUT2D eigenvalue weighted by Crippen LogP contribution is 2.28. The van der Waals surface area contributed by atoms with Gasteiger partial charge in [0.2, 0.25) is 5.91 Å². The van der Waals surface area contributed by atoms with E-state index in [0.29, 0.717) is 17.4 Å². The van der Waals surface area contributed by atoms with E-state index >= 15 is 0 Å². The molecular weight excluding hydrogens is 552 g/mol. The molecule has 0 radical (unpaired) electrons. The summed E-state index contributed by atoms with van der Waals surface area (Å²) in [5.74, 6) is -1.10. The number of fused-ring (bicyclic) bond motifs is 1. The summed E-state index contributed by atoms with van der Waals surface area (Å²) < 4.78 is 5.78. The van der Waals surface area contributed by atoms with E-state index in [1.54, 1.807) is 26.8 Å². The minimum atomic E-state index is -1.57. The molecule has 1 saturated heterocycles. The first-order chi connectivity index (χ1) is 18.9. The van der Waals surface area contributed by atoms with Gasteiger partial charge in [-0.25, -0.2) is 0 Å². The fourth-order valence-electron chi connectivity index (χ4n) is 4.42. The lowest BCUT2D eigenvalue weighted by Crippen LogP contribution is -2.62. The molecule has 218 valence electrons. The van der Waals surface area contributed by atoms with Crippen LogP contribution in [-0.2, 0) is 19.2 Å². The Balaban J connectivity index is 1.73. The van der Waals surface area contributed by atoms with Gasteiger partial charge in [-0.05, 0) is 45.4 Å². The third-order valence-electron chi connectivity index (χ3n) is 6.40. The zero-order chi connectivity index (χ0) is 29.6. The lowest BCUT2D eigenvalue weighted by Gasteiger charge is -2.38. The van der Waals surface area contributed by atoms with Crippen LogP contribution in [0.4, 0.5) is 0 Å². The number of ketones is 1. The van der Waals surface area contributed by atoms with Crippen molar-refractivity contribution in [3.8, 4) is 5.75 Å². The van der Waals surface area contributed by atoms with Gasteiger partial charge >= 0.3 is 0 Å². The van der Waals surface area contributed by atoms with Crippen LogP contribution >= 0.6 is 23.5 Å². The summed E-state index contributed by atoms with van der Waals surface area (Å²) in [4.78, 5) is 54.2. The maximum atomic E-state index is 13.7. The van der Waals surface area contributed by atoms with E-state index in [0.717, 1.165) is 15.7 Å². The van der Waals surface area contributed by atoms with E-state index in [1.807, 2.05) is 42.7 Å². The van der Waals surface area contributed by atoms with Gasteiger partial charge in [0.15, 0.2) is 12.4 Å². The van der Waals surface area contributed by atoms with Gasteiger partial charge in [-0.2, -0.15) is 11.8 Å². The second kappa shape index (κ2) is 13.8. The van der Waals surface area contributed by atoms with Crippen LogP contribution in [-0.4, -0.2) is 93.0 Å². The normalized spacial score (nSPS) is 19.5.